The number of allylic oxidation sites excluding steroid dienone is 1. The molecule has 0 saturated heterocycles. The van der Waals surface area contributed by atoms with E-state index >= 15 is 0 Å². The van der Waals surface area contributed by atoms with Gasteiger partial charge in [0, 0.05) is 18.8 Å². The summed E-state index contributed by atoms with van der Waals surface area (Å²) in [4.78, 5) is 29.3. The Bertz CT molecular complexity index is 1280. The highest BCUT2D eigenvalue weighted by Gasteiger charge is 2.25. The van der Waals surface area contributed by atoms with Gasteiger partial charge >= 0.3 is 5.69 Å². The lowest BCUT2D eigenvalue weighted by Crippen LogP contribution is -2.27. The average Bonchev–Trinajstić information content (AvgIpc) is 3.33. The minimum atomic E-state index is -0.157. The number of pyridine rings is 1. The highest BCUT2D eigenvalue weighted by atomic mass is 16.3. The van der Waals surface area contributed by atoms with Gasteiger partial charge in [-0.1, -0.05) is 12.1 Å². The summed E-state index contributed by atoms with van der Waals surface area (Å²) in [6.07, 6.45) is 11.6. The lowest BCUT2D eigenvalue weighted by Gasteiger charge is -2.27. The fraction of sp³-hybridized carbons (Fsp3) is 0.364. The molecule has 4 heterocycles. The first-order valence-corrected chi connectivity index (χ1v) is 10.3. The van der Waals surface area contributed by atoms with Gasteiger partial charge in [-0.2, -0.15) is 0 Å². The molecule has 0 bridgehead atoms. The van der Waals surface area contributed by atoms with E-state index < -0.39 is 0 Å². The van der Waals surface area contributed by atoms with E-state index in [-0.39, 0.29) is 18.3 Å². The smallest absolute Gasteiger partial charge is 0.327 e. The largest absolute Gasteiger partial charge is 0.396 e. The molecule has 1 saturated carbocycles. The van der Waals surface area contributed by atoms with E-state index in [0.29, 0.717) is 22.9 Å². The van der Waals surface area contributed by atoms with E-state index in [1.165, 1.54) is 0 Å². The Balaban J connectivity index is 1.59. The normalized spacial score (nSPS) is 19.5. The number of nitrogens with zero attached hydrogens (tertiary/aromatic N) is 5. The van der Waals surface area contributed by atoms with Crippen molar-refractivity contribution < 1.29 is 5.11 Å². The van der Waals surface area contributed by atoms with E-state index in [0.717, 1.165) is 49.0 Å². The predicted molar refractivity (Wildman–Crippen MR) is 114 cm³/mol. The van der Waals surface area contributed by atoms with E-state index in [9.17, 15) is 9.90 Å². The second kappa shape index (κ2) is 7.53. The number of H-pyrrole nitrogens is 1. The maximum Gasteiger partial charge on any atom is 0.327 e. The van der Waals surface area contributed by atoms with E-state index in [1.807, 2.05) is 28.8 Å². The molecule has 0 amide bonds. The fourth-order valence-electron chi connectivity index (χ4n) is 4.44. The number of aliphatic hydroxyl groups is 1. The number of aromatic amines is 1. The second-order valence-electron chi connectivity index (χ2n) is 7.99. The Morgan fingerprint density at radius 3 is 2.80 bits per heavy atom. The Labute approximate surface area is 172 Å². The summed E-state index contributed by atoms with van der Waals surface area (Å²) in [7, 11) is 0. The monoisotopic (exact) mass is 404 g/mol. The van der Waals surface area contributed by atoms with Gasteiger partial charge in [0.05, 0.1) is 12.4 Å². The molecule has 154 valence electrons. The van der Waals surface area contributed by atoms with E-state index in [1.54, 1.807) is 17.0 Å². The molecule has 4 aromatic heterocycles. The molecule has 0 radical (unpaired) electrons. The third kappa shape index (κ3) is 3.13. The Morgan fingerprint density at radius 2 is 2.03 bits per heavy atom. The first kappa shape index (κ1) is 18.7. The third-order valence-corrected chi connectivity index (χ3v) is 6.07. The van der Waals surface area contributed by atoms with Crippen molar-refractivity contribution in [2.75, 3.05) is 6.61 Å². The third-order valence-electron chi connectivity index (χ3n) is 6.07. The molecule has 0 spiro atoms. The molecule has 1 aliphatic carbocycles. The Morgan fingerprint density at radius 1 is 1.20 bits per heavy atom. The molecule has 4 aromatic rings. The van der Waals surface area contributed by atoms with Gasteiger partial charge in [-0.3, -0.25) is 8.97 Å². The maximum absolute atomic E-state index is 12.7. The van der Waals surface area contributed by atoms with Crippen LogP contribution in [0.4, 0.5) is 0 Å². The van der Waals surface area contributed by atoms with E-state index in [4.69, 9.17) is 4.98 Å². The van der Waals surface area contributed by atoms with Crippen molar-refractivity contribution in [1.29, 1.82) is 0 Å². The van der Waals surface area contributed by atoms with Crippen molar-refractivity contribution in [3.63, 3.8) is 0 Å². The van der Waals surface area contributed by atoms with Crippen LogP contribution >= 0.6 is 0 Å². The number of rotatable bonds is 5. The number of hydrogen-bond acceptors (Lipinski definition) is 5. The van der Waals surface area contributed by atoms with Gasteiger partial charge < -0.3 is 10.1 Å². The molecule has 30 heavy (non-hydrogen) atoms. The number of aliphatic hydroxyl groups excluding tert-OH is 1. The van der Waals surface area contributed by atoms with Gasteiger partial charge in [0.25, 0.3) is 0 Å². The maximum atomic E-state index is 12.7. The minimum Gasteiger partial charge on any atom is -0.396 e. The van der Waals surface area contributed by atoms with Gasteiger partial charge in [-0.15, -0.1) is 6.58 Å². The quantitative estimate of drug-likeness (QED) is 0.498. The van der Waals surface area contributed by atoms with Gasteiger partial charge in [-0.05, 0) is 49.7 Å². The highest BCUT2D eigenvalue weighted by Crippen LogP contribution is 2.32. The Kier molecular flexibility index (Phi) is 4.71. The molecule has 8 heteroatoms. The fourth-order valence-corrected chi connectivity index (χ4v) is 4.44. The highest BCUT2D eigenvalue weighted by molar-refractivity contribution is 5.72. The van der Waals surface area contributed by atoms with Crippen LogP contribution in [0, 0.1) is 5.92 Å². The summed E-state index contributed by atoms with van der Waals surface area (Å²) in [6, 6.07) is 4.08. The molecule has 0 unspecified atom stereocenters. The lowest BCUT2D eigenvalue weighted by atomic mass is 9.86. The molecule has 2 N–H and O–H groups in total. The number of fused-ring (bicyclic) bond motifs is 2. The number of imidazole rings is 2. The molecule has 1 aliphatic rings. The lowest BCUT2D eigenvalue weighted by molar-refractivity contribution is 0.169. The van der Waals surface area contributed by atoms with Gasteiger partial charge in [-0.25, -0.2) is 19.7 Å². The van der Waals surface area contributed by atoms with Crippen LogP contribution in [-0.2, 0) is 6.42 Å². The van der Waals surface area contributed by atoms with Gasteiger partial charge in [0.2, 0.25) is 0 Å². The van der Waals surface area contributed by atoms with Crippen LogP contribution in [0.1, 0.15) is 37.3 Å². The number of hydrogen-bond donors (Lipinski definition) is 2. The molecule has 8 nitrogen and oxygen atoms in total. The second-order valence-corrected chi connectivity index (χ2v) is 7.99. The van der Waals surface area contributed by atoms with Crippen LogP contribution in [0.2, 0.25) is 0 Å². The summed E-state index contributed by atoms with van der Waals surface area (Å²) in [5, 5.41) is 9.41. The van der Waals surface area contributed by atoms with E-state index in [2.05, 4.69) is 21.5 Å². The van der Waals surface area contributed by atoms with Crippen LogP contribution < -0.4 is 5.69 Å². The molecular formula is C22H24N6O2. The minimum absolute atomic E-state index is 0.0816. The van der Waals surface area contributed by atoms with Crippen molar-refractivity contribution in [2.24, 2.45) is 5.92 Å². The Hall–Kier alpha value is -3.26. The van der Waals surface area contributed by atoms with Crippen LogP contribution in [-0.4, -0.2) is 40.6 Å². The molecular weight excluding hydrogens is 380 g/mol. The molecule has 0 atom stereocenters. The summed E-state index contributed by atoms with van der Waals surface area (Å²) in [6.45, 7) is 4.02. The van der Waals surface area contributed by atoms with Gasteiger partial charge in [0.15, 0.2) is 11.5 Å². The van der Waals surface area contributed by atoms with Crippen molar-refractivity contribution in [2.45, 2.75) is 38.1 Å². The zero-order valence-corrected chi connectivity index (χ0v) is 16.7. The molecule has 0 aliphatic heterocycles. The van der Waals surface area contributed by atoms with Crippen molar-refractivity contribution in [3.05, 3.63) is 59.4 Å². The summed E-state index contributed by atoms with van der Waals surface area (Å²) in [5.74, 6) is 0.859. The van der Waals surface area contributed by atoms with Gasteiger partial charge in [0.1, 0.15) is 16.9 Å². The predicted octanol–water partition coefficient (Wildman–Crippen LogP) is 2.89. The van der Waals surface area contributed by atoms with Crippen LogP contribution in [0.15, 0.2) is 48.2 Å². The molecule has 0 aromatic carbocycles. The van der Waals surface area contributed by atoms with Crippen LogP contribution in [0.3, 0.4) is 0 Å². The first-order chi connectivity index (χ1) is 14.7. The number of nitrogens with one attached hydrogen (secondary N) is 1. The molecule has 5 rings (SSSR count). The van der Waals surface area contributed by atoms with Crippen LogP contribution in [0.5, 0.6) is 0 Å². The summed E-state index contributed by atoms with van der Waals surface area (Å²) < 4.78 is 3.74. The summed E-state index contributed by atoms with van der Waals surface area (Å²) >= 11 is 0. The zero-order chi connectivity index (χ0) is 20.7. The van der Waals surface area contributed by atoms with Crippen molar-refractivity contribution >= 4 is 16.8 Å². The van der Waals surface area contributed by atoms with Crippen LogP contribution in [0.25, 0.3) is 28.3 Å². The SMILES string of the molecule is C=CCc1ccc2ncc(-c3ncc4[nH]c(=O)n(C5CCC(CO)CC5)c4n3)n2c1. The topological polar surface area (TPSA) is 101 Å². The zero-order valence-electron chi connectivity index (χ0n) is 16.7. The number of aromatic nitrogens is 6. The average molecular weight is 404 g/mol. The van der Waals surface area contributed by atoms with Crippen molar-refractivity contribution in [3.8, 4) is 11.5 Å². The molecule has 1 fully saturated rings. The summed E-state index contributed by atoms with van der Waals surface area (Å²) in [5.41, 5.74) is 3.81. The standard InChI is InChI=1S/C22H24N6O2/c1-2-3-14-6-9-19-23-11-18(27(19)12-14)20-24-10-17-21(26-20)28(22(30)25-17)16-7-4-15(13-29)5-8-16/h2,6,9-12,15-16,29H,1,3-5,7-8,13H2,(H,25,30). The first-order valence-electron chi connectivity index (χ1n) is 10.3. The van der Waals surface area contributed by atoms with Crippen molar-refractivity contribution in [1.82, 2.24) is 28.9 Å².